The van der Waals surface area contributed by atoms with Crippen LogP contribution in [0.1, 0.15) is 24.6 Å². The lowest BCUT2D eigenvalue weighted by Crippen LogP contribution is -2.04. The van der Waals surface area contributed by atoms with Gasteiger partial charge in [-0.2, -0.15) is 5.10 Å². The Morgan fingerprint density at radius 1 is 1.22 bits per heavy atom. The lowest BCUT2D eigenvalue weighted by molar-refractivity contribution is 0.587. The highest BCUT2D eigenvalue weighted by atomic mass is 15.3. The Bertz CT molecular complexity index is 497. The van der Waals surface area contributed by atoms with Gasteiger partial charge in [-0.25, -0.2) is 0 Å². The first-order valence-electron chi connectivity index (χ1n) is 6.52. The Hall–Kier alpha value is -1.61. The minimum absolute atomic E-state index is 0.911. The van der Waals surface area contributed by atoms with Gasteiger partial charge in [-0.1, -0.05) is 31.2 Å². The molecule has 18 heavy (non-hydrogen) atoms. The van der Waals surface area contributed by atoms with Gasteiger partial charge in [0.1, 0.15) is 0 Å². The van der Waals surface area contributed by atoms with E-state index in [2.05, 4.69) is 53.2 Å². The molecule has 1 N–H and O–H groups in total. The standard InChI is InChI=1S/C15H21N3/c1-4-9-18-12(2)15(11-17-18)14-7-5-13(6-8-14)10-16-3/h5-8,11,16H,4,9-10H2,1-3H3. The molecule has 0 bridgehead atoms. The highest BCUT2D eigenvalue weighted by Gasteiger charge is 2.07. The molecule has 3 nitrogen and oxygen atoms in total. The van der Waals surface area contributed by atoms with Crippen LogP contribution in [-0.2, 0) is 13.1 Å². The predicted molar refractivity (Wildman–Crippen MR) is 75.5 cm³/mol. The molecule has 0 saturated heterocycles. The number of aromatic nitrogens is 2. The van der Waals surface area contributed by atoms with Crippen LogP contribution in [-0.4, -0.2) is 16.8 Å². The highest BCUT2D eigenvalue weighted by molar-refractivity contribution is 5.65. The first kappa shape index (κ1) is 12.8. The Morgan fingerprint density at radius 3 is 2.56 bits per heavy atom. The van der Waals surface area contributed by atoms with Gasteiger partial charge in [0.2, 0.25) is 0 Å². The Morgan fingerprint density at radius 2 is 1.94 bits per heavy atom. The van der Waals surface area contributed by atoms with Crippen LogP contribution >= 0.6 is 0 Å². The van der Waals surface area contributed by atoms with Crippen LogP contribution in [0.15, 0.2) is 30.5 Å². The third-order valence-electron chi connectivity index (χ3n) is 3.18. The molecule has 0 radical (unpaired) electrons. The van der Waals surface area contributed by atoms with Crippen molar-refractivity contribution in [1.29, 1.82) is 0 Å². The van der Waals surface area contributed by atoms with Crippen molar-refractivity contribution in [2.75, 3.05) is 7.05 Å². The summed E-state index contributed by atoms with van der Waals surface area (Å²) in [4.78, 5) is 0. The second-order valence-corrected chi connectivity index (χ2v) is 4.59. The minimum atomic E-state index is 0.911. The van der Waals surface area contributed by atoms with Crippen molar-refractivity contribution in [1.82, 2.24) is 15.1 Å². The molecule has 1 aromatic heterocycles. The van der Waals surface area contributed by atoms with E-state index in [-0.39, 0.29) is 0 Å². The zero-order valence-electron chi connectivity index (χ0n) is 11.4. The molecular formula is C15H21N3. The Balaban J connectivity index is 2.25. The van der Waals surface area contributed by atoms with Crippen molar-refractivity contribution in [3.8, 4) is 11.1 Å². The summed E-state index contributed by atoms with van der Waals surface area (Å²) in [5, 5.41) is 7.60. The summed E-state index contributed by atoms with van der Waals surface area (Å²) < 4.78 is 2.08. The van der Waals surface area contributed by atoms with Crippen molar-refractivity contribution in [2.24, 2.45) is 0 Å². The van der Waals surface area contributed by atoms with E-state index in [4.69, 9.17) is 0 Å². The van der Waals surface area contributed by atoms with Crippen LogP contribution in [0, 0.1) is 6.92 Å². The average molecular weight is 243 g/mol. The van der Waals surface area contributed by atoms with E-state index >= 15 is 0 Å². The quantitative estimate of drug-likeness (QED) is 0.875. The summed E-state index contributed by atoms with van der Waals surface area (Å²) in [6.45, 7) is 6.21. The summed E-state index contributed by atoms with van der Waals surface area (Å²) in [5.41, 5.74) is 5.03. The number of rotatable bonds is 5. The third kappa shape index (κ3) is 2.62. The summed E-state index contributed by atoms with van der Waals surface area (Å²) in [5.74, 6) is 0. The zero-order chi connectivity index (χ0) is 13.0. The first-order valence-corrected chi connectivity index (χ1v) is 6.52. The molecule has 0 fully saturated rings. The molecule has 0 atom stereocenters. The fourth-order valence-corrected chi connectivity index (χ4v) is 2.17. The number of hydrogen-bond acceptors (Lipinski definition) is 2. The normalized spacial score (nSPS) is 10.8. The molecule has 2 aromatic rings. The molecule has 0 spiro atoms. The van der Waals surface area contributed by atoms with Crippen molar-refractivity contribution in [3.63, 3.8) is 0 Å². The van der Waals surface area contributed by atoms with E-state index in [1.165, 1.54) is 22.4 Å². The van der Waals surface area contributed by atoms with E-state index in [1.807, 2.05) is 13.2 Å². The minimum Gasteiger partial charge on any atom is -0.316 e. The van der Waals surface area contributed by atoms with Crippen molar-refractivity contribution in [2.45, 2.75) is 33.4 Å². The second-order valence-electron chi connectivity index (χ2n) is 4.59. The predicted octanol–water partition coefficient (Wildman–Crippen LogP) is 2.99. The summed E-state index contributed by atoms with van der Waals surface area (Å²) >= 11 is 0. The molecule has 0 saturated carbocycles. The fourth-order valence-electron chi connectivity index (χ4n) is 2.17. The van der Waals surface area contributed by atoms with Crippen molar-refractivity contribution in [3.05, 3.63) is 41.7 Å². The summed E-state index contributed by atoms with van der Waals surface area (Å²) in [6, 6.07) is 8.69. The monoisotopic (exact) mass is 243 g/mol. The Labute approximate surface area is 109 Å². The van der Waals surface area contributed by atoms with E-state index in [0.717, 1.165) is 19.5 Å². The molecule has 0 unspecified atom stereocenters. The summed E-state index contributed by atoms with van der Waals surface area (Å²) in [6.07, 6.45) is 3.08. The molecule has 0 aliphatic rings. The third-order valence-corrected chi connectivity index (χ3v) is 3.18. The van der Waals surface area contributed by atoms with Crippen molar-refractivity contribution < 1.29 is 0 Å². The molecule has 96 valence electrons. The second kappa shape index (κ2) is 5.83. The van der Waals surface area contributed by atoms with Crippen LogP contribution in [0.2, 0.25) is 0 Å². The van der Waals surface area contributed by atoms with Gasteiger partial charge in [-0.15, -0.1) is 0 Å². The topological polar surface area (TPSA) is 29.9 Å². The number of hydrogen-bond donors (Lipinski definition) is 1. The molecule has 0 amide bonds. The number of aryl methyl sites for hydroxylation is 1. The van der Waals surface area contributed by atoms with Gasteiger partial charge in [0.15, 0.2) is 0 Å². The molecule has 2 rings (SSSR count). The van der Waals surface area contributed by atoms with Gasteiger partial charge in [-0.05, 0) is 31.5 Å². The van der Waals surface area contributed by atoms with E-state index < -0.39 is 0 Å². The fraction of sp³-hybridized carbons (Fsp3) is 0.400. The smallest absolute Gasteiger partial charge is 0.0571 e. The number of nitrogens with one attached hydrogen (secondary N) is 1. The van der Waals surface area contributed by atoms with Gasteiger partial charge >= 0.3 is 0 Å². The number of benzene rings is 1. The zero-order valence-corrected chi connectivity index (χ0v) is 11.4. The molecule has 3 heteroatoms. The molecule has 1 heterocycles. The van der Waals surface area contributed by atoms with E-state index in [1.54, 1.807) is 0 Å². The number of nitrogens with zero attached hydrogens (tertiary/aromatic N) is 2. The maximum Gasteiger partial charge on any atom is 0.0571 e. The molecule has 0 aliphatic heterocycles. The Kier molecular flexibility index (Phi) is 4.15. The first-order chi connectivity index (χ1) is 8.76. The van der Waals surface area contributed by atoms with E-state index in [9.17, 15) is 0 Å². The summed E-state index contributed by atoms with van der Waals surface area (Å²) in [7, 11) is 1.97. The maximum atomic E-state index is 4.44. The lowest BCUT2D eigenvalue weighted by atomic mass is 10.0. The SMILES string of the molecule is CCCn1ncc(-c2ccc(CNC)cc2)c1C. The van der Waals surface area contributed by atoms with Gasteiger partial charge in [0.25, 0.3) is 0 Å². The van der Waals surface area contributed by atoms with Gasteiger partial charge < -0.3 is 5.32 Å². The molecule has 0 aliphatic carbocycles. The van der Waals surface area contributed by atoms with Crippen LogP contribution in [0.4, 0.5) is 0 Å². The van der Waals surface area contributed by atoms with Gasteiger partial charge in [0.05, 0.1) is 6.20 Å². The van der Waals surface area contributed by atoms with Crippen LogP contribution in [0.5, 0.6) is 0 Å². The van der Waals surface area contributed by atoms with Crippen LogP contribution in [0.3, 0.4) is 0 Å². The van der Waals surface area contributed by atoms with Gasteiger partial charge in [-0.3, -0.25) is 4.68 Å². The van der Waals surface area contributed by atoms with Crippen molar-refractivity contribution >= 4 is 0 Å². The lowest BCUT2D eigenvalue weighted by Gasteiger charge is -2.05. The van der Waals surface area contributed by atoms with Crippen LogP contribution < -0.4 is 5.32 Å². The maximum absolute atomic E-state index is 4.44. The largest absolute Gasteiger partial charge is 0.316 e. The van der Waals surface area contributed by atoms with E-state index in [0.29, 0.717) is 0 Å². The highest BCUT2D eigenvalue weighted by Crippen LogP contribution is 2.23. The molecular weight excluding hydrogens is 222 g/mol. The van der Waals surface area contributed by atoms with Crippen LogP contribution in [0.25, 0.3) is 11.1 Å². The van der Waals surface area contributed by atoms with Gasteiger partial charge in [0, 0.05) is 24.3 Å². The average Bonchev–Trinajstić information content (AvgIpc) is 2.73. The molecule has 1 aromatic carbocycles.